The third-order valence-corrected chi connectivity index (χ3v) is 3.18. The van der Waals surface area contributed by atoms with Crippen LogP contribution in [0.5, 0.6) is 5.75 Å². The molecule has 1 atom stereocenters. The second-order valence-corrected chi connectivity index (χ2v) is 6.12. The summed E-state index contributed by atoms with van der Waals surface area (Å²) in [4.78, 5) is 11.3. The Hall–Kier alpha value is -1.81. The molecule has 0 amide bonds. The molecular weight excluding hydrogens is 327 g/mol. The van der Waals surface area contributed by atoms with Crippen LogP contribution in [-0.2, 0) is 19.6 Å². The molecule has 0 bridgehead atoms. The standard InChI is InChI=1S/C12H14F3NO5S/c1-20-11(17)7-10(16-22(2,18)19)8-3-5-9(6-4-8)21-12(13,14)15/h3-6,10,16H,7H2,1-2H3/t10-/m0/s1. The summed E-state index contributed by atoms with van der Waals surface area (Å²) in [5.74, 6) is -1.12. The quantitative estimate of drug-likeness (QED) is 0.797. The molecule has 0 radical (unpaired) electrons. The topological polar surface area (TPSA) is 81.7 Å². The molecule has 0 unspecified atom stereocenters. The van der Waals surface area contributed by atoms with E-state index in [0.717, 1.165) is 25.5 Å². The lowest BCUT2D eigenvalue weighted by atomic mass is 10.0. The highest BCUT2D eigenvalue weighted by Crippen LogP contribution is 2.25. The molecule has 1 rings (SSSR count). The first-order valence-electron chi connectivity index (χ1n) is 5.90. The van der Waals surface area contributed by atoms with Gasteiger partial charge in [-0.3, -0.25) is 4.79 Å². The van der Waals surface area contributed by atoms with Gasteiger partial charge in [-0.1, -0.05) is 12.1 Å². The fraction of sp³-hybridized carbons (Fsp3) is 0.417. The lowest BCUT2D eigenvalue weighted by molar-refractivity contribution is -0.274. The molecule has 0 spiro atoms. The number of carbonyl (C=O) groups excluding carboxylic acids is 1. The number of methoxy groups -OCH3 is 1. The Balaban J connectivity index is 2.96. The molecule has 6 nitrogen and oxygen atoms in total. The lowest BCUT2D eigenvalue weighted by Gasteiger charge is -2.17. The number of hydrogen-bond acceptors (Lipinski definition) is 5. The van der Waals surface area contributed by atoms with Gasteiger partial charge >= 0.3 is 12.3 Å². The summed E-state index contributed by atoms with van der Waals surface area (Å²) in [5, 5.41) is 0. The zero-order chi connectivity index (χ0) is 17.0. The molecular formula is C12H14F3NO5S. The van der Waals surface area contributed by atoms with Crippen molar-refractivity contribution < 1.29 is 35.9 Å². The minimum Gasteiger partial charge on any atom is -0.469 e. The lowest BCUT2D eigenvalue weighted by Crippen LogP contribution is -2.29. The number of esters is 1. The van der Waals surface area contributed by atoms with Crippen molar-refractivity contribution in [2.24, 2.45) is 0 Å². The highest BCUT2D eigenvalue weighted by atomic mass is 32.2. The summed E-state index contributed by atoms with van der Waals surface area (Å²) in [7, 11) is -2.49. The Morgan fingerprint density at radius 1 is 1.27 bits per heavy atom. The number of hydrogen-bond donors (Lipinski definition) is 1. The van der Waals surface area contributed by atoms with E-state index >= 15 is 0 Å². The number of ether oxygens (including phenoxy) is 2. The van der Waals surface area contributed by atoms with Crippen molar-refractivity contribution >= 4 is 16.0 Å². The van der Waals surface area contributed by atoms with Crippen LogP contribution in [0.2, 0.25) is 0 Å². The molecule has 0 saturated heterocycles. The largest absolute Gasteiger partial charge is 0.573 e. The van der Waals surface area contributed by atoms with Gasteiger partial charge in [0.15, 0.2) is 0 Å². The summed E-state index contributed by atoms with van der Waals surface area (Å²) >= 11 is 0. The SMILES string of the molecule is COC(=O)C[C@H](NS(C)(=O)=O)c1ccc(OC(F)(F)F)cc1. The van der Waals surface area contributed by atoms with Crippen molar-refractivity contribution in [3.8, 4) is 5.75 Å². The summed E-state index contributed by atoms with van der Waals surface area (Å²) in [6.07, 6.45) is -4.22. The van der Waals surface area contributed by atoms with Crippen LogP contribution in [0.4, 0.5) is 13.2 Å². The van der Waals surface area contributed by atoms with Gasteiger partial charge in [0.2, 0.25) is 10.0 Å². The first-order valence-corrected chi connectivity index (χ1v) is 7.79. The zero-order valence-electron chi connectivity index (χ0n) is 11.7. The Bertz CT molecular complexity index is 613. The van der Waals surface area contributed by atoms with E-state index in [4.69, 9.17) is 0 Å². The predicted octanol–water partition coefficient (Wildman–Crippen LogP) is 1.74. The van der Waals surface area contributed by atoms with Crippen LogP contribution >= 0.6 is 0 Å². The van der Waals surface area contributed by atoms with Crippen molar-refractivity contribution in [2.75, 3.05) is 13.4 Å². The van der Waals surface area contributed by atoms with Gasteiger partial charge in [-0.2, -0.15) is 0 Å². The zero-order valence-corrected chi connectivity index (χ0v) is 12.5. The van der Waals surface area contributed by atoms with E-state index in [1.54, 1.807) is 0 Å². The number of halogens is 3. The minimum atomic E-state index is -4.82. The van der Waals surface area contributed by atoms with E-state index in [-0.39, 0.29) is 6.42 Å². The molecule has 1 aromatic carbocycles. The average molecular weight is 341 g/mol. The maximum absolute atomic E-state index is 12.1. The van der Waals surface area contributed by atoms with Crippen molar-refractivity contribution in [1.82, 2.24) is 4.72 Å². The molecule has 0 aliphatic rings. The fourth-order valence-electron chi connectivity index (χ4n) is 1.64. The van der Waals surface area contributed by atoms with Crippen molar-refractivity contribution in [3.05, 3.63) is 29.8 Å². The van der Waals surface area contributed by atoms with Crippen LogP contribution in [0.3, 0.4) is 0 Å². The van der Waals surface area contributed by atoms with Crippen molar-refractivity contribution in [2.45, 2.75) is 18.8 Å². The number of sulfonamides is 1. The summed E-state index contributed by atoms with van der Waals surface area (Å²) in [6, 6.07) is 3.55. The number of alkyl halides is 3. The van der Waals surface area contributed by atoms with Gasteiger partial charge < -0.3 is 9.47 Å². The molecule has 10 heteroatoms. The van der Waals surface area contributed by atoms with Crippen LogP contribution in [0.15, 0.2) is 24.3 Å². The molecule has 0 aliphatic heterocycles. The maximum Gasteiger partial charge on any atom is 0.573 e. The van der Waals surface area contributed by atoms with Gasteiger partial charge in [-0.15, -0.1) is 13.2 Å². The Morgan fingerprint density at radius 2 is 1.82 bits per heavy atom. The second-order valence-electron chi connectivity index (χ2n) is 4.34. The monoisotopic (exact) mass is 341 g/mol. The summed E-state index contributed by atoms with van der Waals surface area (Å²) in [6.45, 7) is 0. The van der Waals surface area contributed by atoms with Gasteiger partial charge in [-0.25, -0.2) is 13.1 Å². The van der Waals surface area contributed by atoms with E-state index in [0.29, 0.717) is 5.56 Å². The Morgan fingerprint density at radius 3 is 2.23 bits per heavy atom. The van der Waals surface area contributed by atoms with Crippen LogP contribution < -0.4 is 9.46 Å². The molecule has 0 fully saturated rings. The predicted molar refractivity (Wildman–Crippen MR) is 70.5 cm³/mol. The van der Waals surface area contributed by atoms with Crippen LogP contribution in [-0.4, -0.2) is 34.1 Å². The number of benzene rings is 1. The third-order valence-electron chi connectivity index (χ3n) is 2.47. The molecule has 0 aliphatic carbocycles. The molecule has 1 aromatic rings. The first kappa shape index (κ1) is 18.2. The molecule has 22 heavy (non-hydrogen) atoms. The Labute approximate surface area is 125 Å². The van der Waals surface area contributed by atoms with E-state index in [1.165, 1.54) is 12.1 Å². The molecule has 1 N–H and O–H groups in total. The van der Waals surface area contributed by atoms with Gasteiger partial charge in [-0.05, 0) is 17.7 Å². The van der Waals surface area contributed by atoms with Crippen molar-refractivity contribution in [1.29, 1.82) is 0 Å². The highest BCUT2D eigenvalue weighted by Gasteiger charge is 2.31. The average Bonchev–Trinajstić information content (AvgIpc) is 2.35. The van der Waals surface area contributed by atoms with Crippen molar-refractivity contribution in [3.63, 3.8) is 0 Å². The summed E-state index contributed by atoms with van der Waals surface area (Å²) in [5.41, 5.74) is 0.297. The van der Waals surface area contributed by atoms with Gasteiger partial charge in [0.05, 0.1) is 25.8 Å². The van der Waals surface area contributed by atoms with E-state index in [9.17, 15) is 26.4 Å². The normalized spacial score (nSPS) is 13.5. The smallest absolute Gasteiger partial charge is 0.469 e. The van der Waals surface area contributed by atoms with E-state index in [2.05, 4.69) is 14.2 Å². The number of carbonyl (C=O) groups is 1. The molecule has 124 valence electrons. The fourth-order valence-corrected chi connectivity index (χ4v) is 2.37. The van der Waals surface area contributed by atoms with Crippen LogP contribution in [0.1, 0.15) is 18.0 Å². The minimum absolute atomic E-state index is 0.297. The Kier molecular flexibility index (Phi) is 5.78. The van der Waals surface area contributed by atoms with E-state index in [1.807, 2.05) is 0 Å². The first-order chi connectivity index (χ1) is 10.00. The highest BCUT2D eigenvalue weighted by molar-refractivity contribution is 7.88. The van der Waals surface area contributed by atoms with Gasteiger partial charge in [0.1, 0.15) is 5.75 Å². The number of rotatable bonds is 6. The molecule has 0 saturated carbocycles. The summed E-state index contributed by atoms with van der Waals surface area (Å²) < 4.78 is 69.2. The second kappa shape index (κ2) is 6.97. The van der Waals surface area contributed by atoms with Crippen LogP contribution in [0.25, 0.3) is 0 Å². The van der Waals surface area contributed by atoms with E-state index < -0.39 is 34.1 Å². The van der Waals surface area contributed by atoms with Crippen LogP contribution in [0, 0.1) is 0 Å². The third kappa shape index (κ3) is 6.76. The number of nitrogens with one attached hydrogen (secondary N) is 1. The maximum atomic E-state index is 12.1. The van der Waals surface area contributed by atoms with Gasteiger partial charge in [0.25, 0.3) is 0 Å². The van der Waals surface area contributed by atoms with Gasteiger partial charge in [0, 0.05) is 0 Å². The molecule has 0 aromatic heterocycles. The molecule has 0 heterocycles.